The van der Waals surface area contributed by atoms with Crippen LogP contribution in [0.3, 0.4) is 0 Å². The summed E-state index contributed by atoms with van der Waals surface area (Å²) in [5, 5.41) is 11.8. The molecule has 2 N–H and O–H groups in total. The highest BCUT2D eigenvalue weighted by atomic mass is 16.3. The van der Waals surface area contributed by atoms with Crippen LogP contribution in [0.4, 0.5) is 11.4 Å². The number of nitrogens with one attached hydrogen (secondary N) is 1. The number of benzene rings is 1. The van der Waals surface area contributed by atoms with E-state index in [1.807, 2.05) is 36.1 Å². The Hall–Kier alpha value is -2.14. The maximum absolute atomic E-state index is 11.6. The Bertz CT molecular complexity index is 655. The second-order valence-electron chi connectivity index (χ2n) is 4.51. The predicted octanol–water partition coefficient (Wildman–Crippen LogP) is 0.810. The highest BCUT2D eigenvalue weighted by Crippen LogP contribution is 2.25. The Morgan fingerprint density at radius 3 is 2.30 bits per heavy atom. The zero-order valence-electron chi connectivity index (χ0n) is 11.6. The lowest BCUT2D eigenvalue weighted by Crippen LogP contribution is -2.35. The Kier molecular flexibility index (Phi) is 4.20. The molecule has 0 unspecified atom stereocenters. The predicted molar refractivity (Wildman–Crippen MR) is 81.3 cm³/mol. The van der Waals surface area contributed by atoms with Crippen LogP contribution in [0.25, 0.3) is 11.1 Å². The highest BCUT2D eigenvalue weighted by molar-refractivity contribution is 5.82. The molecular formula is C15H18N2O3. The van der Waals surface area contributed by atoms with Gasteiger partial charge in [-0.3, -0.25) is 9.59 Å². The Morgan fingerprint density at radius 1 is 1.15 bits per heavy atom. The largest absolute Gasteiger partial charge is 0.395 e. The van der Waals surface area contributed by atoms with Crippen molar-refractivity contribution in [3.8, 4) is 11.1 Å². The van der Waals surface area contributed by atoms with E-state index in [4.69, 9.17) is 5.11 Å². The average molecular weight is 274 g/mol. The van der Waals surface area contributed by atoms with Gasteiger partial charge in [-0.15, -0.1) is 0 Å². The van der Waals surface area contributed by atoms with E-state index in [9.17, 15) is 9.59 Å². The molecule has 0 heterocycles. The van der Waals surface area contributed by atoms with Crippen molar-refractivity contribution >= 4 is 11.4 Å². The molecule has 0 fully saturated rings. The molecular weight excluding hydrogens is 256 g/mol. The van der Waals surface area contributed by atoms with E-state index in [2.05, 4.69) is 5.32 Å². The van der Waals surface area contributed by atoms with Gasteiger partial charge in [0.25, 0.3) is 0 Å². The number of hydrogen-bond donors (Lipinski definition) is 2. The molecule has 5 heteroatoms. The average Bonchev–Trinajstić information content (AvgIpc) is 2.49. The molecule has 2 aromatic carbocycles. The van der Waals surface area contributed by atoms with Gasteiger partial charge < -0.3 is 15.3 Å². The van der Waals surface area contributed by atoms with Crippen molar-refractivity contribution in [2.75, 3.05) is 37.0 Å². The molecule has 5 nitrogen and oxygen atoms in total. The summed E-state index contributed by atoms with van der Waals surface area (Å²) in [5.41, 5.74) is 1.66. The maximum Gasteiger partial charge on any atom is 0.250 e. The van der Waals surface area contributed by atoms with Gasteiger partial charge in [0.15, 0.2) is 0 Å². The molecule has 20 heavy (non-hydrogen) atoms. The number of nitrogens with zero attached hydrogens (tertiary/aromatic N) is 1. The maximum atomic E-state index is 11.6. The van der Waals surface area contributed by atoms with E-state index < -0.39 is 10.9 Å². The molecule has 0 atom stereocenters. The summed E-state index contributed by atoms with van der Waals surface area (Å²) in [6.07, 6.45) is 0. The summed E-state index contributed by atoms with van der Waals surface area (Å²) >= 11 is 0. The van der Waals surface area contributed by atoms with E-state index in [0.29, 0.717) is 17.8 Å². The summed E-state index contributed by atoms with van der Waals surface area (Å²) in [4.78, 5) is 25.0. The molecule has 0 aromatic heterocycles. The third-order valence-electron chi connectivity index (χ3n) is 3.43. The molecule has 106 valence electrons. The molecule has 0 aliphatic heterocycles. The minimum absolute atomic E-state index is 0.0949. The number of likely N-dealkylation sites (N-methyl/N-ethyl adjacent to an activating group) is 1. The minimum Gasteiger partial charge on any atom is -0.395 e. The minimum atomic E-state index is -0.456. The van der Waals surface area contributed by atoms with Gasteiger partial charge in [-0.2, -0.15) is 0 Å². The first kappa shape index (κ1) is 14.3. The second-order valence-corrected chi connectivity index (χ2v) is 4.51. The molecule has 2 rings (SSSR count). The van der Waals surface area contributed by atoms with Crippen molar-refractivity contribution in [3.63, 3.8) is 0 Å². The zero-order valence-corrected chi connectivity index (χ0v) is 11.6. The van der Waals surface area contributed by atoms with Crippen LogP contribution in [0, 0.1) is 0 Å². The van der Waals surface area contributed by atoms with Crippen LogP contribution < -0.4 is 21.1 Å². The lowest BCUT2D eigenvalue weighted by Gasteiger charge is -2.22. The monoisotopic (exact) mass is 274 g/mol. The molecule has 0 amide bonds. The smallest absolute Gasteiger partial charge is 0.250 e. The number of rotatable bonds is 6. The van der Waals surface area contributed by atoms with E-state index in [0.717, 1.165) is 17.8 Å². The Balaban J connectivity index is 2.31. The van der Waals surface area contributed by atoms with Crippen LogP contribution in [0.1, 0.15) is 6.92 Å². The summed E-state index contributed by atoms with van der Waals surface area (Å²) in [6, 6.07) is 7.44. The first-order valence-electron chi connectivity index (χ1n) is 6.61. The van der Waals surface area contributed by atoms with Crippen molar-refractivity contribution < 1.29 is 5.11 Å². The third kappa shape index (κ3) is 2.32. The number of anilines is 2. The Labute approximate surface area is 117 Å². The van der Waals surface area contributed by atoms with E-state index in [-0.39, 0.29) is 6.61 Å². The lowest BCUT2D eigenvalue weighted by atomic mass is 9.98. The van der Waals surface area contributed by atoms with Crippen molar-refractivity contribution in [1.82, 2.24) is 0 Å². The van der Waals surface area contributed by atoms with Gasteiger partial charge in [0, 0.05) is 25.8 Å². The summed E-state index contributed by atoms with van der Waals surface area (Å²) in [6.45, 7) is 3.47. The van der Waals surface area contributed by atoms with Crippen LogP contribution in [-0.2, 0) is 0 Å². The topological polar surface area (TPSA) is 69.6 Å². The van der Waals surface area contributed by atoms with Crippen LogP contribution in [0.15, 0.2) is 33.9 Å². The van der Waals surface area contributed by atoms with Gasteiger partial charge in [-0.25, -0.2) is 0 Å². The van der Waals surface area contributed by atoms with Crippen molar-refractivity contribution in [2.24, 2.45) is 0 Å². The van der Waals surface area contributed by atoms with Crippen molar-refractivity contribution in [2.45, 2.75) is 6.92 Å². The molecule has 0 saturated carbocycles. The summed E-state index contributed by atoms with van der Waals surface area (Å²) in [7, 11) is 1.63. The van der Waals surface area contributed by atoms with Gasteiger partial charge in [0.1, 0.15) is 0 Å². The normalized spacial score (nSPS) is 10.8. The quantitative estimate of drug-likeness (QED) is 0.763. The standard InChI is InChI=1S/C15H18N2O3/c1-3-17(8-9-18)11-6-4-10(5-7-11)12-13(16-2)15(20)14(12)19/h4-7,16,18H,3,8-9H2,1-2H3. The molecule has 0 saturated heterocycles. The fourth-order valence-electron chi connectivity index (χ4n) is 2.34. The van der Waals surface area contributed by atoms with Crippen LogP contribution >= 0.6 is 0 Å². The van der Waals surface area contributed by atoms with Crippen LogP contribution in [-0.4, -0.2) is 31.9 Å². The van der Waals surface area contributed by atoms with Gasteiger partial charge >= 0.3 is 0 Å². The summed E-state index contributed by atoms with van der Waals surface area (Å²) in [5.74, 6) is 0. The number of aliphatic hydroxyl groups is 1. The van der Waals surface area contributed by atoms with Crippen LogP contribution in [0.5, 0.6) is 0 Å². The van der Waals surface area contributed by atoms with Crippen molar-refractivity contribution in [1.29, 1.82) is 0 Å². The van der Waals surface area contributed by atoms with Gasteiger partial charge in [-0.1, -0.05) is 12.1 Å². The SMILES string of the molecule is CCN(CCO)c1ccc(-c2c(NC)c(=O)c2=O)cc1. The number of aliphatic hydroxyl groups excluding tert-OH is 1. The lowest BCUT2D eigenvalue weighted by molar-refractivity contribution is 0.302. The fraction of sp³-hybridized carbons (Fsp3) is 0.333. The summed E-state index contributed by atoms with van der Waals surface area (Å²) < 4.78 is 0. The second kappa shape index (κ2) is 5.88. The first-order valence-corrected chi connectivity index (χ1v) is 6.61. The van der Waals surface area contributed by atoms with Crippen molar-refractivity contribution in [3.05, 3.63) is 44.7 Å². The molecule has 0 aliphatic rings. The van der Waals surface area contributed by atoms with Gasteiger partial charge in [-0.05, 0) is 24.6 Å². The fourth-order valence-corrected chi connectivity index (χ4v) is 2.34. The Morgan fingerprint density at radius 2 is 1.80 bits per heavy atom. The van der Waals surface area contributed by atoms with Gasteiger partial charge in [0.2, 0.25) is 10.9 Å². The zero-order chi connectivity index (χ0) is 14.7. The first-order chi connectivity index (χ1) is 9.63. The molecule has 0 bridgehead atoms. The van der Waals surface area contributed by atoms with E-state index >= 15 is 0 Å². The molecule has 0 spiro atoms. The van der Waals surface area contributed by atoms with Crippen LogP contribution in [0.2, 0.25) is 0 Å². The van der Waals surface area contributed by atoms with E-state index in [1.54, 1.807) is 7.05 Å². The highest BCUT2D eigenvalue weighted by Gasteiger charge is 2.20. The molecule has 2 aromatic rings. The number of hydrogen-bond acceptors (Lipinski definition) is 5. The third-order valence-corrected chi connectivity index (χ3v) is 3.43. The van der Waals surface area contributed by atoms with E-state index in [1.165, 1.54) is 0 Å². The molecule has 0 radical (unpaired) electrons. The van der Waals surface area contributed by atoms with Gasteiger partial charge in [0.05, 0.1) is 17.9 Å². The molecule has 0 aliphatic carbocycles.